The number of nitrogens with one attached hydrogen (secondary N) is 1. The fraction of sp³-hybridized carbons (Fsp3) is 0.391. The van der Waals surface area contributed by atoms with Crippen LogP contribution in [0.25, 0.3) is 0 Å². The van der Waals surface area contributed by atoms with Crippen molar-refractivity contribution >= 4 is 27.5 Å². The number of anilines is 1. The first-order valence-corrected chi connectivity index (χ1v) is 12.4. The molecule has 2 aromatic carbocycles. The Morgan fingerprint density at radius 1 is 1.00 bits per heavy atom. The van der Waals surface area contributed by atoms with Crippen molar-refractivity contribution < 1.29 is 22.7 Å². The van der Waals surface area contributed by atoms with Crippen LogP contribution in [0.3, 0.4) is 0 Å². The third-order valence-corrected chi connectivity index (χ3v) is 7.56. The lowest BCUT2D eigenvalue weighted by Gasteiger charge is -2.34. The van der Waals surface area contributed by atoms with Gasteiger partial charge in [-0.25, -0.2) is 8.42 Å². The van der Waals surface area contributed by atoms with Crippen molar-refractivity contribution in [2.24, 2.45) is 0 Å². The predicted octanol–water partition coefficient (Wildman–Crippen LogP) is 2.09. The molecular formula is C23H27N3O5S. The SMILES string of the molecule is O=C(Nc1cccc(C(=O)N2CCN(S(=O)(=O)Cc3ccccc3)CC2)c1)[C@@H]1CCCO1. The van der Waals surface area contributed by atoms with Crippen molar-refractivity contribution in [3.8, 4) is 0 Å². The van der Waals surface area contributed by atoms with Crippen molar-refractivity contribution in [3.63, 3.8) is 0 Å². The minimum atomic E-state index is -3.44. The van der Waals surface area contributed by atoms with Gasteiger partial charge in [-0.3, -0.25) is 9.59 Å². The highest BCUT2D eigenvalue weighted by Gasteiger charge is 2.29. The molecule has 0 saturated carbocycles. The van der Waals surface area contributed by atoms with E-state index >= 15 is 0 Å². The van der Waals surface area contributed by atoms with E-state index in [9.17, 15) is 18.0 Å². The van der Waals surface area contributed by atoms with E-state index in [2.05, 4.69) is 5.32 Å². The van der Waals surface area contributed by atoms with Crippen LogP contribution in [0.1, 0.15) is 28.8 Å². The van der Waals surface area contributed by atoms with Crippen LogP contribution in [0, 0.1) is 0 Å². The molecule has 32 heavy (non-hydrogen) atoms. The highest BCUT2D eigenvalue weighted by atomic mass is 32.2. The zero-order valence-corrected chi connectivity index (χ0v) is 18.6. The highest BCUT2D eigenvalue weighted by Crippen LogP contribution is 2.19. The Kier molecular flexibility index (Phi) is 6.88. The molecule has 2 aliphatic rings. The molecule has 8 nitrogen and oxygen atoms in total. The van der Waals surface area contributed by atoms with Gasteiger partial charge in [-0.1, -0.05) is 36.4 Å². The van der Waals surface area contributed by atoms with Gasteiger partial charge in [0, 0.05) is 44.0 Å². The fourth-order valence-electron chi connectivity index (χ4n) is 3.97. The lowest BCUT2D eigenvalue weighted by atomic mass is 10.1. The quantitative estimate of drug-likeness (QED) is 0.717. The number of carbonyl (C=O) groups is 2. The molecule has 0 unspecified atom stereocenters. The van der Waals surface area contributed by atoms with E-state index in [0.29, 0.717) is 37.4 Å². The minimum absolute atomic E-state index is 0.0474. The van der Waals surface area contributed by atoms with Crippen LogP contribution in [-0.2, 0) is 25.3 Å². The minimum Gasteiger partial charge on any atom is -0.368 e. The monoisotopic (exact) mass is 457 g/mol. The first-order valence-electron chi connectivity index (χ1n) is 10.8. The number of nitrogens with zero attached hydrogens (tertiary/aromatic N) is 2. The van der Waals surface area contributed by atoms with E-state index in [1.807, 2.05) is 18.2 Å². The Morgan fingerprint density at radius 2 is 1.75 bits per heavy atom. The first-order chi connectivity index (χ1) is 15.4. The summed E-state index contributed by atoms with van der Waals surface area (Å²) >= 11 is 0. The topological polar surface area (TPSA) is 96.0 Å². The molecule has 0 aromatic heterocycles. The number of hydrogen-bond donors (Lipinski definition) is 1. The van der Waals surface area contributed by atoms with E-state index in [1.165, 1.54) is 4.31 Å². The fourth-order valence-corrected chi connectivity index (χ4v) is 5.48. The maximum absolute atomic E-state index is 13.0. The third kappa shape index (κ3) is 5.35. The Balaban J connectivity index is 1.34. The molecule has 2 fully saturated rings. The summed E-state index contributed by atoms with van der Waals surface area (Å²) in [4.78, 5) is 26.9. The van der Waals surface area contributed by atoms with Gasteiger partial charge in [0.25, 0.3) is 11.8 Å². The second-order valence-electron chi connectivity index (χ2n) is 8.00. The molecule has 2 amide bonds. The zero-order chi connectivity index (χ0) is 22.6. The van der Waals surface area contributed by atoms with Gasteiger partial charge < -0.3 is 15.0 Å². The molecule has 2 heterocycles. The largest absolute Gasteiger partial charge is 0.368 e. The van der Waals surface area contributed by atoms with Gasteiger partial charge in [-0.05, 0) is 36.6 Å². The Labute approximate surface area is 188 Å². The summed E-state index contributed by atoms with van der Waals surface area (Å²) in [7, 11) is -3.44. The normalized spacial score (nSPS) is 19.6. The Hall–Kier alpha value is -2.75. The van der Waals surface area contributed by atoms with Crippen molar-refractivity contribution in [2.45, 2.75) is 24.7 Å². The van der Waals surface area contributed by atoms with E-state index < -0.39 is 16.1 Å². The number of piperazine rings is 1. The van der Waals surface area contributed by atoms with Crippen LogP contribution in [0.5, 0.6) is 0 Å². The molecule has 1 N–H and O–H groups in total. The molecule has 2 saturated heterocycles. The molecular weight excluding hydrogens is 430 g/mol. The molecule has 2 aromatic rings. The lowest BCUT2D eigenvalue weighted by Crippen LogP contribution is -2.50. The maximum atomic E-state index is 13.0. The second kappa shape index (κ2) is 9.81. The molecule has 0 aliphatic carbocycles. The number of hydrogen-bond acceptors (Lipinski definition) is 5. The molecule has 4 rings (SSSR count). The second-order valence-corrected chi connectivity index (χ2v) is 9.97. The van der Waals surface area contributed by atoms with Crippen molar-refractivity contribution in [3.05, 3.63) is 65.7 Å². The van der Waals surface area contributed by atoms with Gasteiger partial charge in [0.15, 0.2) is 0 Å². The standard InChI is InChI=1S/C23H27N3O5S/c27-22(21-10-5-15-31-21)24-20-9-4-8-19(16-20)23(28)25-11-13-26(14-12-25)32(29,30)17-18-6-2-1-3-7-18/h1-4,6-9,16,21H,5,10-15,17H2,(H,24,27)/t21-/m0/s1. The molecule has 0 radical (unpaired) electrons. The number of carbonyl (C=O) groups excluding carboxylic acids is 2. The van der Waals surface area contributed by atoms with E-state index in [-0.39, 0.29) is 30.7 Å². The van der Waals surface area contributed by atoms with Gasteiger partial charge in [-0.15, -0.1) is 0 Å². The number of benzene rings is 2. The van der Waals surface area contributed by atoms with Crippen LogP contribution >= 0.6 is 0 Å². The highest BCUT2D eigenvalue weighted by molar-refractivity contribution is 7.88. The molecule has 2 aliphatic heterocycles. The van der Waals surface area contributed by atoms with Gasteiger partial charge in [0.05, 0.1) is 5.75 Å². The predicted molar refractivity (Wildman–Crippen MR) is 121 cm³/mol. The third-order valence-electron chi connectivity index (χ3n) is 5.71. The lowest BCUT2D eigenvalue weighted by molar-refractivity contribution is -0.124. The van der Waals surface area contributed by atoms with Crippen LogP contribution in [0.15, 0.2) is 54.6 Å². The van der Waals surface area contributed by atoms with E-state index in [0.717, 1.165) is 12.0 Å². The summed E-state index contributed by atoms with van der Waals surface area (Å²) in [6.07, 6.45) is 1.12. The number of amides is 2. The summed E-state index contributed by atoms with van der Waals surface area (Å²) in [5.74, 6) is -0.434. The van der Waals surface area contributed by atoms with E-state index in [4.69, 9.17) is 4.74 Å². The maximum Gasteiger partial charge on any atom is 0.254 e. The van der Waals surface area contributed by atoms with E-state index in [1.54, 1.807) is 41.3 Å². The van der Waals surface area contributed by atoms with Gasteiger partial charge in [0.1, 0.15) is 6.10 Å². The Morgan fingerprint density at radius 3 is 2.44 bits per heavy atom. The summed E-state index contributed by atoms with van der Waals surface area (Å²) < 4.78 is 32.3. The van der Waals surface area contributed by atoms with Crippen LogP contribution in [0.2, 0.25) is 0 Å². The van der Waals surface area contributed by atoms with Gasteiger partial charge in [0.2, 0.25) is 10.0 Å². The summed E-state index contributed by atoms with van der Waals surface area (Å²) in [5.41, 5.74) is 1.74. The van der Waals surface area contributed by atoms with Crippen molar-refractivity contribution in [1.29, 1.82) is 0 Å². The van der Waals surface area contributed by atoms with Crippen LogP contribution in [-0.4, -0.2) is 68.3 Å². The summed E-state index contributed by atoms with van der Waals surface area (Å²) in [6, 6.07) is 15.9. The number of rotatable bonds is 6. The number of ether oxygens (including phenoxy) is 1. The smallest absolute Gasteiger partial charge is 0.254 e. The van der Waals surface area contributed by atoms with Gasteiger partial charge >= 0.3 is 0 Å². The first kappa shape index (κ1) is 22.4. The van der Waals surface area contributed by atoms with Gasteiger partial charge in [-0.2, -0.15) is 4.31 Å². The van der Waals surface area contributed by atoms with Crippen molar-refractivity contribution in [1.82, 2.24) is 9.21 Å². The van der Waals surface area contributed by atoms with Crippen LogP contribution in [0.4, 0.5) is 5.69 Å². The molecule has 0 bridgehead atoms. The average Bonchev–Trinajstić information content (AvgIpc) is 3.35. The Bertz CT molecular complexity index is 1060. The average molecular weight is 458 g/mol. The van der Waals surface area contributed by atoms with Crippen molar-refractivity contribution in [2.75, 3.05) is 38.1 Å². The summed E-state index contributed by atoms with van der Waals surface area (Å²) in [6.45, 7) is 1.75. The molecule has 0 spiro atoms. The van der Waals surface area contributed by atoms with Crippen LogP contribution < -0.4 is 5.32 Å². The molecule has 9 heteroatoms. The molecule has 1 atom stereocenters. The summed E-state index contributed by atoms with van der Waals surface area (Å²) in [5, 5.41) is 2.81. The zero-order valence-electron chi connectivity index (χ0n) is 17.8. The molecule has 170 valence electrons. The number of sulfonamides is 1.